The van der Waals surface area contributed by atoms with Gasteiger partial charge in [0.1, 0.15) is 0 Å². The van der Waals surface area contributed by atoms with Crippen molar-refractivity contribution in [3.05, 3.63) is 247 Å². The molecule has 1 aromatic heterocycles. The highest BCUT2D eigenvalue weighted by Crippen LogP contribution is 2.59. The third-order valence-corrected chi connectivity index (χ3v) is 13.7. The smallest absolute Gasteiger partial charge is 0.0714 e. The lowest BCUT2D eigenvalue weighted by Gasteiger charge is -2.35. The van der Waals surface area contributed by atoms with Gasteiger partial charge in [0.2, 0.25) is 0 Å². The molecule has 10 aromatic carbocycles. The molecule has 59 heavy (non-hydrogen) atoms. The molecular formula is C57H37NS. The van der Waals surface area contributed by atoms with Crippen LogP contribution in [0, 0.1) is 0 Å². The fourth-order valence-electron chi connectivity index (χ4n) is 9.81. The summed E-state index contributed by atoms with van der Waals surface area (Å²) in [5.74, 6) is 0. The van der Waals surface area contributed by atoms with Crippen molar-refractivity contribution in [3.8, 4) is 22.3 Å². The van der Waals surface area contributed by atoms with E-state index in [0.717, 1.165) is 17.1 Å². The Morgan fingerprint density at radius 2 is 0.932 bits per heavy atom. The van der Waals surface area contributed by atoms with Crippen molar-refractivity contribution in [1.82, 2.24) is 0 Å². The van der Waals surface area contributed by atoms with Crippen molar-refractivity contribution >= 4 is 70.1 Å². The Balaban J connectivity index is 1.04. The van der Waals surface area contributed by atoms with E-state index >= 15 is 0 Å². The van der Waals surface area contributed by atoms with E-state index in [4.69, 9.17) is 0 Å². The fraction of sp³-hybridized carbons (Fsp3) is 0.0175. The van der Waals surface area contributed by atoms with Crippen LogP contribution in [-0.4, -0.2) is 0 Å². The van der Waals surface area contributed by atoms with Gasteiger partial charge >= 0.3 is 0 Å². The molecule has 0 N–H and O–H groups in total. The summed E-state index contributed by atoms with van der Waals surface area (Å²) >= 11 is 1.92. The highest BCUT2D eigenvalue weighted by molar-refractivity contribution is 7.26. The molecule has 1 unspecified atom stereocenters. The average molecular weight is 768 g/mol. The van der Waals surface area contributed by atoms with Gasteiger partial charge in [-0.05, 0) is 115 Å². The van der Waals surface area contributed by atoms with Crippen LogP contribution in [0.1, 0.15) is 22.3 Å². The predicted molar refractivity (Wildman–Crippen MR) is 252 cm³/mol. The lowest BCUT2D eigenvalue weighted by atomic mass is 9.67. The van der Waals surface area contributed by atoms with Crippen molar-refractivity contribution in [3.63, 3.8) is 0 Å². The first kappa shape index (κ1) is 33.8. The van der Waals surface area contributed by atoms with Crippen LogP contribution in [0.2, 0.25) is 0 Å². The summed E-state index contributed by atoms with van der Waals surface area (Å²) in [6.45, 7) is 0. The summed E-state index contributed by atoms with van der Waals surface area (Å²) in [4.78, 5) is 2.37. The van der Waals surface area contributed by atoms with Crippen LogP contribution in [0.25, 0.3) is 64.0 Å². The number of nitrogens with zero attached hydrogens (tertiary/aromatic N) is 1. The summed E-state index contributed by atoms with van der Waals surface area (Å²) in [7, 11) is 0. The van der Waals surface area contributed by atoms with Crippen molar-refractivity contribution < 1.29 is 0 Å². The second-order valence-electron chi connectivity index (χ2n) is 15.6. The molecule has 0 amide bonds. The largest absolute Gasteiger partial charge is 0.311 e. The molecule has 0 fully saturated rings. The Hall–Kier alpha value is -7.26. The van der Waals surface area contributed by atoms with E-state index in [2.05, 4.69) is 229 Å². The number of fused-ring (bicyclic) bond motifs is 9. The van der Waals surface area contributed by atoms with Gasteiger partial charge in [-0.1, -0.05) is 170 Å². The summed E-state index contributed by atoms with van der Waals surface area (Å²) < 4.78 is 2.69. The maximum absolute atomic E-state index is 2.43. The molecule has 12 rings (SSSR count). The molecule has 1 atom stereocenters. The minimum absolute atomic E-state index is 0.530. The van der Waals surface area contributed by atoms with Gasteiger partial charge in [-0.3, -0.25) is 0 Å². The average Bonchev–Trinajstić information content (AvgIpc) is 3.84. The monoisotopic (exact) mass is 767 g/mol. The normalized spacial score (nSPS) is 14.5. The molecule has 11 aromatic rings. The summed E-state index contributed by atoms with van der Waals surface area (Å²) in [6.07, 6.45) is 0. The van der Waals surface area contributed by atoms with E-state index in [0.29, 0.717) is 0 Å². The van der Waals surface area contributed by atoms with Gasteiger partial charge in [-0.25, -0.2) is 0 Å². The molecule has 0 saturated heterocycles. The Morgan fingerprint density at radius 3 is 1.71 bits per heavy atom. The summed E-state index contributed by atoms with van der Waals surface area (Å²) in [5, 5.41) is 7.66. The number of hydrogen-bond donors (Lipinski definition) is 0. The van der Waals surface area contributed by atoms with Crippen LogP contribution in [0.3, 0.4) is 0 Å². The summed E-state index contributed by atoms with van der Waals surface area (Å²) in [5.41, 5.74) is 13.1. The van der Waals surface area contributed by atoms with Crippen LogP contribution < -0.4 is 4.90 Å². The number of para-hydroxylation sites is 1. The van der Waals surface area contributed by atoms with Crippen LogP contribution >= 0.6 is 11.3 Å². The summed E-state index contributed by atoms with van der Waals surface area (Å²) in [6, 6.07) is 83.0. The highest BCUT2D eigenvalue weighted by atomic mass is 32.1. The van der Waals surface area contributed by atoms with Gasteiger partial charge in [0.05, 0.1) is 5.41 Å². The van der Waals surface area contributed by atoms with Gasteiger partial charge in [0.25, 0.3) is 0 Å². The van der Waals surface area contributed by atoms with Crippen molar-refractivity contribution in [2.24, 2.45) is 0 Å². The zero-order valence-corrected chi connectivity index (χ0v) is 33.0. The number of anilines is 3. The van der Waals surface area contributed by atoms with E-state index in [9.17, 15) is 0 Å². The second-order valence-corrected chi connectivity index (χ2v) is 16.7. The third kappa shape index (κ3) is 5.24. The SMILES string of the molecule is c1ccc(N(c2ccc(-c3ccc4ccccc4c3)cc2)c2ccc(C3(c4ccc5ccccc5c4)c4ccccc4-c4c3ccc3c4sc4ccccc43)cc2)cc1. The molecular weight excluding hydrogens is 731 g/mol. The number of thiophene rings is 1. The van der Waals surface area contributed by atoms with Gasteiger partial charge in [-0.15, -0.1) is 11.3 Å². The van der Waals surface area contributed by atoms with Gasteiger partial charge < -0.3 is 4.90 Å². The third-order valence-electron chi connectivity index (χ3n) is 12.5. The topological polar surface area (TPSA) is 3.24 Å². The van der Waals surface area contributed by atoms with Gasteiger partial charge in [-0.2, -0.15) is 0 Å². The van der Waals surface area contributed by atoms with Crippen molar-refractivity contribution in [2.45, 2.75) is 5.41 Å². The van der Waals surface area contributed by atoms with Crippen LogP contribution in [0.15, 0.2) is 224 Å². The van der Waals surface area contributed by atoms with E-state index in [-0.39, 0.29) is 0 Å². The molecule has 0 bridgehead atoms. The maximum Gasteiger partial charge on any atom is 0.0714 e. The Morgan fingerprint density at radius 1 is 0.356 bits per heavy atom. The molecule has 0 spiro atoms. The molecule has 1 heterocycles. The fourth-order valence-corrected chi connectivity index (χ4v) is 11.1. The van der Waals surface area contributed by atoms with Crippen LogP contribution in [-0.2, 0) is 5.41 Å². The highest BCUT2D eigenvalue weighted by Gasteiger charge is 2.47. The number of rotatable bonds is 6. The number of benzene rings is 10. The first-order valence-corrected chi connectivity index (χ1v) is 21.1. The molecule has 1 nitrogen and oxygen atoms in total. The molecule has 1 aliphatic rings. The van der Waals surface area contributed by atoms with Crippen molar-refractivity contribution in [2.75, 3.05) is 4.90 Å². The minimum atomic E-state index is -0.530. The number of hydrogen-bond acceptors (Lipinski definition) is 2. The van der Waals surface area contributed by atoms with Gasteiger partial charge in [0, 0.05) is 42.8 Å². The van der Waals surface area contributed by atoms with Gasteiger partial charge in [0.15, 0.2) is 0 Å². The molecule has 276 valence electrons. The zero-order valence-electron chi connectivity index (χ0n) is 32.2. The minimum Gasteiger partial charge on any atom is -0.311 e. The first-order valence-electron chi connectivity index (χ1n) is 20.3. The standard InChI is InChI=1S/C57H37NS/c1-2-16-46(17-3-1)58(47-30-25-40(26-31-47)43-23-22-38-12-4-6-14-41(38)36-43)48-32-28-44(29-33-48)57(45-27-24-39-13-5-7-15-42(39)37-45)52-20-10-8-19-51(52)55-53(57)35-34-50-49-18-9-11-21-54(49)59-56(50)55/h1-37H. The predicted octanol–water partition coefficient (Wildman–Crippen LogP) is 15.9. The zero-order chi connectivity index (χ0) is 38.9. The van der Waals surface area contributed by atoms with Crippen LogP contribution in [0.4, 0.5) is 17.1 Å². The van der Waals surface area contributed by atoms with E-state index in [1.807, 2.05) is 11.3 Å². The van der Waals surface area contributed by atoms with Crippen LogP contribution in [0.5, 0.6) is 0 Å². The molecule has 1 aliphatic carbocycles. The quantitative estimate of drug-likeness (QED) is 0.163. The van der Waals surface area contributed by atoms with Crippen molar-refractivity contribution in [1.29, 1.82) is 0 Å². The lowest BCUT2D eigenvalue weighted by Crippen LogP contribution is -2.28. The van der Waals surface area contributed by atoms with E-state index in [1.54, 1.807) is 0 Å². The lowest BCUT2D eigenvalue weighted by molar-refractivity contribution is 0.770. The Bertz CT molecular complexity index is 3380. The molecule has 2 heteroatoms. The second kappa shape index (κ2) is 13.4. The maximum atomic E-state index is 2.43. The van der Waals surface area contributed by atoms with E-state index in [1.165, 1.54) is 86.2 Å². The Labute approximate surface area is 347 Å². The van der Waals surface area contributed by atoms with E-state index < -0.39 is 5.41 Å². The molecule has 0 radical (unpaired) electrons. The molecule has 0 aliphatic heterocycles. The first-order chi connectivity index (χ1) is 29.2. The molecule has 0 saturated carbocycles. The Kier molecular flexibility index (Phi) is 7.69.